The minimum Gasteiger partial charge on any atom is -0.511 e. The first kappa shape index (κ1) is 12.3. The number of hydrogen-bond acceptors (Lipinski definition) is 3. The first-order valence-electron chi connectivity index (χ1n) is 3.70. The van der Waals surface area contributed by atoms with Crippen molar-refractivity contribution in [3.8, 4) is 5.75 Å². The van der Waals surface area contributed by atoms with Crippen LogP contribution in [0.4, 0.5) is 13.2 Å². The van der Waals surface area contributed by atoms with E-state index in [0.717, 1.165) is 12.1 Å². The van der Waals surface area contributed by atoms with Gasteiger partial charge in [0.05, 0.1) is 5.56 Å². The molecule has 82 valence electrons. The van der Waals surface area contributed by atoms with Crippen LogP contribution < -0.4 is 4.65 Å². The zero-order valence-corrected chi connectivity index (χ0v) is 8.71. The lowest BCUT2D eigenvalue weighted by molar-refractivity contribution is -0.138. The topological polar surface area (TPSA) is 49.7 Å². The Kier molecular flexibility index (Phi) is 3.64. The summed E-state index contributed by atoms with van der Waals surface area (Å²) in [6.07, 6.45) is -4.62. The monoisotopic (exact) mass is 284 g/mol. The molecule has 0 unspecified atom stereocenters. The second-order valence-corrected chi connectivity index (χ2v) is 3.50. The molecule has 2 N–H and O–H groups in total. The SMILES string of the molecule is OB(O)Oc1ccc(Br)cc1C(F)(F)F. The molecule has 0 heterocycles. The van der Waals surface area contributed by atoms with Gasteiger partial charge in [-0.15, -0.1) is 0 Å². The molecule has 0 bridgehead atoms. The zero-order valence-electron chi connectivity index (χ0n) is 7.12. The highest BCUT2D eigenvalue weighted by molar-refractivity contribution is 9.10. The molecule has 8 heteroatoms. The van der Waals surface area contributed by atoms with Crippen molar-refractivity contribution in [2.45, 2.75) is 6.18 Å². The summed E-state index contributed by atoms with van der Waals surface area (Å²) in [6, 6.07) is 3.08. The van der Waals surface area contributed by atoms with Gasteiger partial charge in [0.1, 0.15) is 5.75 Å². The van der Waals surface area contributed by atoms with Gasteiger partial charge in [-0.05, 0) is 18.2 Å². The van der Waals surface area contributed by atoms with Crippen molar-refractivity contribution in [3.05, 3.63) is 28.2 Å². The van der Waals surface area contributed by atoms with Crippen LogP contribution in [-0.4, -0.2) is 17.4 Å². The van der Waals surface area contributed by atoms with Crippen LogP contribution in [0, 0.1) is 0 Å². The number of halogens is 4. The molecule has 1 aromatic rings. The van der Waals surface area contributed by atoms with Crippen molar-refractivity contribution < 1.29 is 27.9 Å². The van der Waals surface area contributed by atoms with Gasteiger partial charge in [0, 0.05) is 4.47 Å². The smallest absolute Gasteiger partial charge is 0.511 e. The predicted octanol–water partition coefficient (Wildman–Crippen LogP) is 1.82. The molecular formula is C7H5BBrF3O3. The van der Waals surface area contributed by atoms with E-state index in [-0.39, 0.29) is 4.47 Å². The summed E-state index contributed by atoms with van der Waals surface area (Å²) in [6.45, 7) is 0. The molecule has 0 amide bonds. The van der Waals surface area contributed by atoms with Gasteiger partial charge >= 0.3 is 13.5 Å². The number of hydrogen-bond donors (Lipinski definition) is 2. The minimum atomic E-state index is -4.62. The summed E-state index contributed by atoms with van der Waals surface area (Å²) in [7, 11) is -2.28. The van der Waals surface area contributed by atoms with Gasteiger partial charge in [0.25, 0.3) is 0 Å². The van der Waals surface area contributed by atoms with E-state index in [1.807, 2.05) is 0 Å². The summed E-state index contributed by atoms with van der Waals surface area (Å²) in [5.41, 5.74) is -1.08. The maximum atomic E-state index is 12.4. The highest BCUT2D eigenvalue weighted by Crippen LogP contribution is 2.37. The van der Waals surface area contributed by atoms with Crippen LogP contribution in [-0.2, 0) is 6.18 Å². The van der Waals surface area contributed by atoms with Crippen molar-refractivity contribution in [2.75, 3.05) is 0 Å². The van der Waals surface area contributed by atoms with Crippen LogP contribution >= 0.6 is 15.9 Å². The largest absolute Gasteiger partial charge is 0.707 e. The third-order valence-corrected chi connectivity index (χ3v) is 1.97. The first-order valence-corrected chi connectivity index (χ1v) is 4.49. The maximum Gasteiger partial charge on any atom is 0.707 e. The van der Waals surface area contributed by atoms with E-state index in [4.69, 9.17) is 10.0 Å². The van der Waals surface area contributed by atoms with Crippen LogP contribution in [0.3, 0.4) is 0 Å². The normalized spacial score (nSPS) is 11.3. The molecule has 0 radical (unpaired) electrons. The molecule has 3 nitrogen and oxygen atoms in total. The summed E-state index contributed by atoms with van der Waals surface area (Å²) < 4.78 is 41.7. The van der Waals surface area contributed by atoms with Gasteiger partial charge in [-0.1, -0.05) is 15.9 Å². The fourth-order valence-corrected chi connectivity index (χ4v) is 1.30. The van der Waals surface area contributed by atoms with Crippen molar-refractivity contribution in [1.82, 2.24) is 0 Å². The number of benzene rings is 1. The number of alkyl halides is 3. The summed E-state index contributed by atoms with van der Waals surface area (Å²) in [4.78, 5) is 0. The Balaban J connectivity index is 3.15. The third-order valence-electron chi connectivity index (χ3n) is 1.48. The van der Waals surface area contributed by atoms with Crippen molar-refractivity contribution >= 4 is 23.3 Å². The molecule has 1 aromatic carbocycles. The molecule has 0 spiro atoms. The highest BCUT2D eigenvalue weighted by atomic mass is 79.9. The van der Waals surface area contributed by atoms with E-state index >= 15 is 0 Å². The van der Waals surface area contributed by atoms with E-state index in [0.29, 0.717) is 0 Å². The lowest BCUT2D eigenvalue weighted by Crippen LogP contribution is -2.22. The molecule has 0 aromatic heterocycles. The summed E-state index contributed by atoms with van der Waals surface area (Å²) >= 11 is 2.87. The average Bonchev–Trinajstić information content (AvgIpc) is 2.05. The lowest BCUT2D eigenvalue weighted by Gasteiger charge is -2.13. The fourth-order valence-electron chi connectivity index (χ4n) is 0.940. The molecule has 15 heavy (non-hydrogen) atoms. The molecule has 0 aliphatic heterocycles. The van der Waals surface area contributed by atoms with Crippen LogP contribution in [0.25, 0.3) is 0 Å². The molecule has 0 saturated carbocycles. The average molecular weight is 285 g/mol. The summed E-state index contributed by atoms with van der Waals surface area (Å²) in [5.74, 6) is -0.638. The second-order valence-electron chi connectivity index (χ2n) is 2.58. The predicted molar refractivity (Wildman–Crippen MR) is 50.0 cm³/mol. The van der Waals surface area contributed by atoms with Gasteiger partial charge in [-0.25, -0.2) is 0 Å². The van der Waals surface area contributed by atoms with Gasteiger partial charge in [0.2, 0.25) is 0 Å². The van der Waals surface area contributed by atoms with Crippen LogP contribution in [0.15, 0.2) is 22.7 Å². The van der Waals surface area contributed by atoms with E-state index in [1.54, 1.807) is 0 Å². The van der Waals surface area contributed by atoms with Crippen molar-refractivity contribution in [2.24, 2.45) is 0 Å². The Morgan fingerprint density at radius 1 is 1.27 bits per heavy atom. The molecule has 0 atom stereocenters. The van der Waals surface area contributed by atoms with E-state index < -0.39 is 24.8 Å². The van der Waals surface area contributed by atoms with Crippen molar-refractivity contribution in [3.63, 3.8) is 0 Å². The van der Waals surface area contributed by atoms with Crippen molar-refractivity contribution in [1.29, 1.82) is 0 Å². The van der Waals surface area contributed by atoms with Gasteiger partial charge in [0.15, 0.2) is 0 Å². The Morgan fingerprint density at radius 2 is 1.87 bits per heavy atom. The third kappa shape index (κ3) is 3.40. The second kappa shape index (κ2) is 4.42. The quantitative estimate of drug-likeness (QED) is 0.815. The van der Waals surface area contributed by atoms with Gasteiger partial charge in [-0.2, -0.15) is 13.2 Å². The molecule has 0 aliphatic carbocycles. The first-order chi connectivity index (χ1) is 6.80. The maximum absolute atomic E-state index is 12.4. The van der Waals surface area contributed by atoms with Crippen LogP contribution in [0.1, 0.15) is 5.56 Å². The van der Waals surface area contributed by atoms with Gasteiger partial charge in [-0.3, -0.25) is 0 Å². The fraction of sp³-hybridized carbons (Fsp3) is 0.143. The number of rotatable bonds is 2. The minimum absolute atomic E-state index is 0.217. The van der Waals surface area contributed by atoms with Crippen LogP contribution in [0.5, 0.6) is 5.75 Å². The molecule has 1 rings (SSSR count). The standard InChI is InChI=1S/C7H5BBrF3O3/c9-4-1-2-6(15-8(13)14)5(3-4)7(10,11)12/h1-3,13-14H. The zero-order chi connectivity index (χ0) is 11.6. The van der Waals surface area contributed by atoms with E-state index in [9.17, 15) is 13.2 Å². The van der Waals surface area contributed by atoms with E-state index in [1.165, 1.54) is 6.07 Å². The van der Waals surface area contributed by atoms with E-state index in [2.05, 4.69) is 20.6 Å². The van der Waals surface area contributed by atoms with Crippen LogP contribution in [0.2, 0.25) is 0 Å². The lowest BCUT2D eigenvalue weighted by atomic mass is 10.1. The molecule has 0 saturated heterocycles. The summed E-state index contributed by atoms with van der Waals surface area (Å²) in [5, 5.41) is 16.8. The Hall–Kier alpha value is -0.725. The Labute approximate surface area is 91.8 Å². The van der Waals surface area contributed by atoms with Gasteiger partial charge < -0.3 is 14.7 Å². The highest BCUT2D eigenvalue weighted by Gasteiger charge is 2.35. The Bertz CT molecular complexity index is 356. The molecule has 0 aliphatic rings. The molecular weight excluding hydrogens is 280 g/mol. The Morgan fingerprint density at radius 3 is 2.33 bits per heavy atom. The molecule has 0 fully saturated rings.